The van der Waals surface area contributed by atoms with Crippen molar-refractivity contribution in [3.05, 3.63) is 30.3 Å². The van der Waals surface area contributed by atoms with E-state index < -0.39 is 26.1 Å². The Kier molecular flexibility index (Phi) is 8.84. The van der Waals surface area contributed by atoms with E-state index in [4.69, 9.17) is 4.74 Å². The summed E-state index contributed by atoms with van der Waals surface area (Å²) in [6, 6.07) is 8.22. The van der Waals surface area contributed by atoms with Crippen molar-refractivity contribution in [2.75, 3.05) is 0 Å². The van der Waals surface area contributed by atoms with E-state index in [2.05, 4.69) is 22.9 Å². The van der Waals surface area contributed by atoms with Crippen LogP contribution in [0.25, 0.3) is 0 Å². The second-order valence-corrected chi connectivity index (χ2v) is 9.22. The first-order valence-corrected chi connectivity index (χ1v) is 10.5. The second kappa shape index (κ2) is 10.1. The van der Waals surface area contributed by atoms with Gasteiger partial charge in [-0.2, -0.15) is 0 Å². The summed E-state index contributed by atoms with van der Waals surface area (Å²) in [5.74, 6) is -0.462. The van der Waals surface area contributed by atoms with Crippen molar-refractivity contribution in [3.8, 4) is 0 Å². The van der Waals surface area contributed by atoms with E-state index >= 15 is 0 Å². The zero-order valence-corrected chi connectivity index (χ0v) is 16.1. The van der Waals surface area contributed by atoms with Gasteiger partial charge in [0.05, 0.1) is 4.90 Å². The second-order valence-electron chi connectivity index (χ2n) is 5.56. The molecule has 0 saturated heterocycles. The monoisotopic (exact) mass is 404 g/mol. The van der Waals surface area contributed by atoms with Gasteiger partial charge in [0, 0.05) is 6.92 Å². The Bertz CT molecular complexity index is 572. The summed E-state index contributed by atoms with van der Waals surface area (Å²) in [6.07, 6.45) is 5.13. The third-order valence-electron chi connectivity index (χ3n) is 3.57. The van der Waals surface area contributed by atoms with Crippen LogP contribution in [0.4, 0.5) is 0 Å². The van der Waals surface area contributed by atoms with Crippen molar-refractivity contribution in [1.29, 1.82) is 0 Å². The molecule has 0 fully saturated rings. The van der Waals surface area contributed by atoms with Gasteiger partial charge in [-0.15, -0.1) is 0 Å². The highest BCUT2D eigenvalue weighted by Gasteiger charge is 2.34. The summed E-state index contributed by atoms with van der Waals surface area (Å²) >= 11 is 3.25. The minimum absolute atomic E-state index is 0.227. The molecule has 0 aliphatic carbocycles. The van der Waals surface area contributed by atoms with Crippen molar-refractivity contribution in [2.45, 2.75) is 67.5 Å². The number of benzene rings is 1. The summed E-state index contributed by atoms with van der Waals surface area (Å²) < 4.78 is 29.6. The number of ether oxygens (including phenoxy) is 1. The fraction of sp³-hybridized carbons (Fsp3) is 0.588. The van der Waals surface area contributed by atoms with E-state index in [0.29, 0.717) is 6.42 Å². The number of sulfone groups is 1. The predicted octanol–water partition coefficient (Wildman–Crippen LogP) is 4.47. The van der Waals surface area contributed by atoms with Crippen LogP contribution in [0.15, 0.2) is 35.2 Å². The Morgan fingerprint density at radius 1 is 1.13 bits per heavy atom. The number of rotatable bonds is 10. The van der Waals surface area contributed by atoms with E-state index in [1.54, 1.807) is 30.3 Å². The maximum atomic E-state index is 12.7. The smallest absolute Gasteiger partial charge is 0.302 e. The lowest BCUT2D eigenvalue weighted by Gasteiger charge is -2.22. The molecule has 1 aromatic carbocycles. The van der Waals surface area contributed by atoms with Crippen LogP contribution in [0.2, 0.25) is 0 Å². The number of unbranched alkanes of at least 4 members (excludes halogenated alkanes) is 4. The van der Waals surface area contributed by atoms with Gasteiger partial charge in [-0.25, -0.2) is 8.42 Å². The van der Waals surface area contributed by atoms with Crippen LogP contribution in [0.3, 0.4) is 0 Å². The van der Waals surface area contributed by atoms with Crippen LogP contribution in [0.5, 0.6) is 0 Å². The first kappa shape index (κ1) is 20.2. The molecule has 23 heavy (non-hydrogen) atoms. The van der Waals surface area contributed by atoms with Crippen LogP contribution in [0.1, 0.15) is 52.4 Å². The van der Waals surface area contributed by atoms with Crippen molar-refractivity contribution in [2.24, 2.45) is 0 Å². The molecular formula is C17H25BrO4S. The van der Waals surface area contributed by atoms with Gasteiger partial charge in [0.1, 0.15) is 6.10 Å². The minimum Gasteiger partial charge on any atom is -0.460 e. The fourth-order valence-electron chi connectivity index (χ4n) is 2.35. The number of esters is 1. The lowest BCUT2D eigenvalue weighted by molar-refractivity contribution is -0.145. The summed E-state index contributed by atoms with van der Waals surface area (Å²) in [5, 5.41) is 0. The maximum Gasteiger partial charge on any atom is 0.302 e. The Balaban J connectivity index is 2.78. The lowest BCUT2D eigenvalue weighted by atomic mass is 10.1. The maximum absolute atomic E-state index is 12.7. The van der Waals surface area contributed by atoms with Crippen molar-refractivity contribution < 1.29 is 17.9 Å². The van der Waals surface area contributed by atoms with E-state index in [1.807, 2.05) is 0 Å². The van der Waals surface area contributed by atoms with Crippen molar-refractivity contribution in [1.82, 2.24) is 0 Å². The van der Waals surface area contributed by atoms with Crippen LogP contribution < -0.4 is 0 Å². The SMILES string of the molecule is CCCCCCCC(OC(C)=O)C(Br)S(=O)(=O)c1ccccc1. The average Bonchev–Trinajstić information content (AvgIpc) is 2.53. The number of carbonyl (C=O) groups is 1. The molecule has 0 saturated carbocycles. The average molecular weight is 405 g/mol. The molecule has 1 aromatic rings. The Labute approximate surface area is 147 Å². The highest BCUT2D eigenvalue weighted by atomic mass is 79.9. The standard InChI is InChI=1S/C17H25BrO4S/c1-3-4-5-6-10-13-16(22-14(2)19)17(18)23(20,21)15-11-8-7-9-12-15/h7-9,11-12,16-17H,3-6,10,13H2,1-2H3. The zero-order valence-electron chi connectivity index (χ0n) is 13.7. The minimum atomic E-state index is -3.59. The number of carbonyl (C=O) groups excluding carboxylic acids is 1. The summed E-state index contributed by atoms with van der Waals surface area (Å²) in [4.78, 5) is 11.5. The van der Waals surface area contributed by atoms with Gasteiger partial charge in [0.2, 0.25) is 0 Å². The van der Waals surface area contributed by atoms with Crippen molar-refractivity contribution in [3.63, 3.8) is 0 Å². The van der Waals surface area contributed by atoms with E-state index in [0.717, 1.165) is 32.1 Å². The van der Waals surface area contributed by atoms with E-state index in [-0.39, 0.29) is 4.90 Å². The van der Waals surface area contributed by atoms with Crippen LogP contribution in [0, 0.1) is 0 Å². The Hall–Kier alpha value is -0.880. The Morgan fingerprint density at radius 3 is 2.30 bits per heavy atom. The molecule has 2 atom stereocenters. The highest BCUT2D eigenvalue weighted by molar-refractivity contribution is 9.11. The van der Waals surface area contributed by atoms with Crippen LogP contribution in [-0.2, 0) is 19.4 Å². The summed E-state index contributed by atoms with van der Waals surface area (Å²) in [6.45, 7) is 3.45. The normalized spacial score (nSPS) is 14.2. The van der Waals surface area contributed by atoms with Gasteiger partial charge in [0.15, 0.2) is 14.0 Å². The number of hydrogen-bond acceptors (Lipinski definition) is 4. The van der Waals surface area contributed by atoms with Gasteiger partial charge >= 0.3 is 5.97 Å². The third kappa shape index (κ3) is 6.63. The molecule has 6 heteroatoms. The quantitative estimate of drug-likeness (QED) is 0.327. The first-order valence-electron chi connectivity index (χ1n) is 7.99. The van der Waals surface area contributed by atoms with Gasteiger partial charge in [0.25, 0.3) is 0 Å². The van der Waals surface area contributed by atoms with Crippen LogP contribution >= 0.6 is 15.9 Å². The molecular weight excluding hydrogens is 380 g/mol. The fourth-order valence-corrected chi connectivity index (χ4v) is 4.75. The van der Waals surface area contributed by atoms with Crippen molar-refractivity contribution >= 4 is 31.7 Å². The molecule has 1 rings (SSSR count). The topological polar surface area (TPSA) is 60.4 Å². The largest absolute Gasteiger partial charge is 0.460 e. The molecule has 130 valence electrons. The van der Waals surface area contributed by atoms with Gasteiger partial charge in [-0.05, 0) is 25.0 Å². The Morgan fingerprint density at radius 2 is 1.74 bits per heavy atom. The highest BCUT2D eigenvalue weighted by Crippen LogP contribution is 2.27. The zero-order chi connectivity index (χ0) is 17.3. The lowest BCUT2D eigenvalue weighted by Crippen LogP contribution is -2.33. The molecule has 4 nitrogen and oxygen atoms in total. The third-order valence-corrected chi connectivity index (χ3v) is 7.46. The molecule has 0 aromatic heterocycles. The molecule has 0 aliphatic heterocycles. The predicted molar refractivity (Wildman–Crippen MR) is 95.3 cm³/mol. The molecule has 0 amide bonds. The molecule has 0 radical (unpaired) electrons. The van der Waals surface area contributed by atoms with Crippen LogP contribution in [-0.4, -0.2) is 24.7 Å². The first-order chi connectivity index (χ1) is 10.9. The molecule has 0 N–H and O–H groups in total. The van der Waals surface area contributed by atoms with Gasteiger partial charge in [-0.1, -0.05) is 66.7 Å². The molecule has 2 unspecified atom stereocenters. The van der Waals surface area contributed by atoms with Gasteiger partial charge < -0.3 is 4.74 Å². The number of hydrogen-bond donors (Lipinski definition) is 0. The molecule has 0 spiro atoms. The molecule has 0 heterocycles. The molecule has 0 aliphatic rings. The van der Waals surface area contributed by atoms with E-state index in [1.165, 1.54) is 6.92 Å². The summed E-state index contributed by atoms with van der Waals surface area (Å²) in [5.41, 5.74) is 0. The number of halogens is 1. The molecule has 0 bridgehead atoms. The van der Waals surface area contributed by atoms with E-state index in [9.17, 15) is 13.2 Å². The van der Waals surface area contributed by atoms with Gasteiger partial charge in [-0.3, -0.25) is 4.79 Å². The number of alkyl halides is 1. The summed E-state index contributed by atoms with van der Waals surface area (Å²) in [7, 11) is -3.59.